The first-order valence-corrected chi connectivity index (χ1v) is 9.24. The fraction of sp³-hybridized carbons (Fsp3) is 0.471. The third-order valence-electron chi connectivity index (χ3n) is 4.96. The lowest BCUT2D eigenvalue weighted by molar-refractivity contribution is 0.247. The molecule has 0 atom stereocenters. The normalized spacial score (nSPS) is 27.5. The van der Waals surface area contributed by atoms with E-state index in [-0.39, 0.29) is 5.54 Å². The van der Waals surface area contributed by atoms with Crippen LogP contribution in [0.5, 0.6) is 0 Å². The van der Waals surface area contributed by atoms with E-state index in [0.29, 0.717) is 0 Å². The average molecular weight is 363 g/mol. The van der Waals surface area contributed by atoms with Crippen LogP contribution in [-0.4, -0.2) is 4.98 Å². The lowest BCUT2D eigenvalue weighted by atomic mass is 9.78. The Labute approximate surface area is 137 Å². The number of rotatable bonds is 1. The Morgan fingerprint density at radius 3 is 2.86 bits per heavy atom. The topological polar surface area (TPSA) is 38.9 Å². The van der Waals surface area contributed by atoms with Crippen LogP contribution in [0.3, 0.4) is 0 Å². The van der Waals surface area contributed by atoms with Gasteiger partial charge in [-0.3, -0.25) is 0 Å². The van der Waals surface area contributed by atoms with Gasteiger partial charge < -0.3 is 5.73 Å². The van der Waals surface area contributed by atoms with Crippen molar-refractivity contribution in [1.29, 1.82) is 0 Å². The van der Waals surface area contributed by atoms with Gasteiger partial charge in [0.05, 0.1) is 11.2 Å². The van der Waals surface area contributed by atoms with Crippen LogP contribution in [0.25, 0.3) is 11.3 Å². The van der Waals surface area contributed by atoms with E-state index in [9.17, 15) is 0 Å². The fourth-order valence-electron chi connectivity index (χ4n) is 3.50. The van der Waals surface area contributed by atoms with Crippen LogP contribution in [0.4, 0.5) is 0 Å². The maximum absolute atomic E-state index is 6.69. The van der Waals surface area contributed by atoms with Crippen molar-refractivity contribution in [2.75, 3.05) is 0 Å². The predicted molar refractivity (Wildman–Crippen MR) is 91.6 cm³/mol. The molecule has 2 aliphatic carbocycles. The number of fused-ring (bicyclic) bond motifs is 3. The standard InChI is InChI=1S/C17H19BrN2S/c1-10-4-6-17(19,7-5-10)16-20-15-13-3-2-12(18)8-11(13)9-14(15)21-16/h2-3,8,10H,4-7,9,19H2,1H3. The molecule has 1 heterocycles. The molecule has 2 aromatic rings. The smallest absolute Gasteiger partial charge is 0.113 e. The van der Waals surface area contributed by atoms with Crippen LogP contribution in [0, 0.1) is 5.92 Å². The minimum absolute atomic E-state index is 0.183. The molecule has 21 heavy (non-hydrogen) atoms. The van der Waals surface area contributed by atoms with Crippen molar-refractivity contribution in [3.63, 3.8) is 0 Å². The van der Waals surface area contributed by atoms with E-state index in [1.165, 1.54) is 34.5 Å². The minimum Gasteiger partial charge on any atom is -0.319 e. The van der Waals surface area contributed by atoms with Crippen LogP contribution in [0.2, 0.25) is 0 Å². The van der Waals surface area contributed by atoms with E-state index in [4.69, 9.17) is 10.7 Å². The number of thiazole rings is 1. The number of aromatic nitrogens is 1. The summed E-state index contributed by atoms with van der Waals surface area (Å²) >= 11 is 5.39. The van der Waals surface area contributed by atoms with Gasteiger partial charge in [0.2, 0.25) is 0 Å². The van der Waals surface area contributed by atoms with Crippen LogP contribution in [0.15, 0.2) is 22.7 Å². The van der Waals surface area contributed by atoms with Crippen LogP contribution >= 0.6 is 27.3 Å². The first-order valence-electron chi connectivity index (χ1n) is 7.63. The van der Waals surface area contributed by atoms with E-state index in [1.807, 2.05) is 11.3 Å². The van der Waals surface area contributed by atoms with Crippen molar-refractivity contribution in [2.24, 2.45) is 11.7 Å². The van der Waals surface area contributed by atoms with Gasteiger partial charge in [-0.25, -0.2) is 4.98 Å². The highest BCUT2D eigenvalue weighted by atomic mass is 79.9. The molecule has 0 saturated heterocycles. The number of benzene rings is 1. The van der Waals surface area contributed by atoms with Gasteiger partial charge in [-0.2, -0.15) is 0 Å². The van der Waals surface area contributed by atoms with E-state index < -0.39 is 0 Å². The minimum atomic E-state index is -0.183. The third kappa shape index (κ3) is 2.28. The zero-order valence-corrected chi connectivity index (χ0v) is 14.6. The summed E-state index contributed by atoms with van der Waals surface area (Å²) in [4.78, 5) is 6.35. The highest BCUT2D eigenvalue weighted by Gasteiger charge is 2.36. The number of hydrogen-bond acceptors (Lipinski definition) is 3. The molecule has 1 aromatic heterocycles. The second kappa shape index (κ2) is 4.90. The van der Waals surface area contributed by atoms with Gasteiger partial charge in [0.15, 0.2) is 0 Å². The van der Waals surface area contributed by atoms with Gasteiger partial charge in [0, 0.05) is 21.3 Å². The number of nitrogens with zero attached hydrogens (tertiary/aromatic N) is 1. The maximum Gasteiger partial charge on any atom is 0.113 e. The van der Waals surface area contributed by atoms with Gasteiger partial charge in [0.1, 0.15) is 5.01 Å². The molecule has 110 valence electrons. The Bertz CT molecular complexity index is 699. The van der Waals surface area contributed by atoms with E-state index in [2.05, 4.69) is 41.1 Å². The molecule has 4 rings (SSSR count). The molecule has 0 radical (unpaired) electrons. The highest BCUT2D eigenvalue weighted by Crippen LogP contribution is 2.45. The Morgan fingerprint density at radius 2 is 2.10 bits per heavy atom. The first-order chi connectivity index (χ1) is 10.0. The Balaban J connectivity index is 1.70. The molecule has 0 amide bonds. The summed E-state index contributed by atoms with van der Waals surface area (Å²) in [5, 5.41) is 1.16. The molecule has 0 bridgehead atoms. The van der Waals surface area contributed by atoms with Gasteiger partial charge in [-0.1, -0.05) is 28.9 Å². The summed E-state index contributed by atoms with van der Waals surface area (Å²) in [6.07, 6.45) is 5.62. The molecule has 0 unspecified atom stereocenters. The van der Waals surface area contributed by atoms with Crippen molar-refractivity contribution in [1.82, 2.24) is 4.98 Å². The number of nitrogens with two attached hydrogens (primary N) is 1. The van der Waals surface area contributed by atoms with E-state index >= 15 is 0 Å². The van der Waals surface area contributed by atoms with Crippen molar-refractivity contribution in [3.8, 4) is 11.3 Å². The zero-order chi connectivity index (χ0) is 14.6. The largest absolute Gasteiger partial charge is 0.319 e. The monoisotopic (exact) mass is 362 g/mol. The second-order valence-electron chi connectivity index (χ2n) is 6.61. The van der Waals surface area contributed by atoms with Crippen molar-refractivity contribution in [2.45, 2.75) is 44.6 Å². The average Bonchev–Trinajstić information content (AvgIpc) is 2.99. The Morgan fingerprint density at radius 1 is 1.33 bits per heavy atom. The number of hydrogen-bond donors (Lipinski definition) is 1. The zero-order valence-electron chi connectivity index (χ0n) is 12.2. The van der Waals surface area contributed by atoms with Crippen LogP contribution < -0.4 is 5.73 Å². The van der Waals surface area contributed by atoms with Crippen molar-refractivity contribution in [3.05, 3.63) is 38.1 Å². The molecule has 0 aliphatic heterocycles. The lowest BCUT2D eigenvalue weighted by Gasteiger charge is -2.34. The SMILES string of the molecule is CC1CCC(N)(c2nc3c(s2)Cc2cc(Br)ccc2-3)CC1. The predicted octanol–water partition coefficient (Wildman–Crippen LogP) is 4.84. The quantitative estimate of drug-likeness (QED) is 0.672. The summed E-state index contributed by atoms with van der Waals surface area (Å²) in [6.45, 7) is 2.33. The molecule has 2 nitrogen and oxygen atoms in total. The summed E-state index contributed by atoms with van der Waals surface area (Å²) in [6, 6.07) is 6.50. The van der Waals surface area contributed by atoms with Gasteiger partial charge in [-0.15, -0.1) is 11.3 Å². The summed E-state index contributed by atoms with van der Waals surface area (Å²) in [5.41, 5.74) is 10.4. The van der Waals surface area contributed by atoms with Gasteiger partial charge >= 0.3 is 0 Å². The molecule has 2 aliphatic rings. The summed E-state index contributed by atoms with van der Waals surface area (Å²) < 4.78 is 1.15. The molecule has 1 saturated carbocycles. The molecule has 4 heteroatoms. The molecule has 1 fully saturated rings. The lowest BCUT2D eigenvalue weighted by Crippen LogP contribution is -2.40. The summed E-state index contributed by atoms with van der Waals surface area (Å²) in [5.74, 6) is 0.812. The highest BCUT2D eigenvalue weighted by molar-refractivity contribution is 9.10. The Kier molecular flexibility index (Phi) is 3.25. The molecular weight excluding hydrogens is 344 g/mol. The Hall–Kier alpha value is -0.710. The van der Waals surface area contributed by atoms with Crippen molar-refractivity contribution < 1.29 is 0 Å². The van der Waals surface area contributed by atoms with Gasteiger partial charge in [0.25, 0.3) is 0 Å². The fourth-order valence-corrected chi connectivity index (χ4v) is 5.16. The first kappa shape index (κ1) is 13.9. The third-order valence-corrected chi connectivity index (χ3v) is 6.73. The molecule has 0 spiro atoms. The van der Waals surface area contributed by atoms with Crippen molar-refractivity contribution >= 4 is 27.3 Å². The molecule has 2 N–H and O–H groups in total. The molecular formula is C17H19BrN2S. The van der Waals surface area contributed by atoms with E-state index in [0.717, 1.165) is 34.7 Å². The van der Waals surface area contributed by atoms with Gasteiger partial charge in [-0.05, 0) is 49.3 Å². The number of halogens is 1. The van der Waals surface area contributed by atoms with Crippen LogP contribution in [-0.2, 0) is 12.0 Å². The van der Waals surface area contributed by atoms with E-state index in [1.54, 1.807) is 0 Å². The van der Waals surface area contributed by atoms with Crippen LogP contribution in [0.1, 0.15) is 48.1 Å². The molecule has 1 aromatic carbocycles. The second-order valence-corrected chi connectivity index (χ2v) is 8.61. The summed E-state index contributed by atoms with van der Waals surface area (Å²) in [7, 11) is 0. The maximum atomic E-state index is 6.69.